The molecule has 0 unspecified atom stereocenters. The van der Waals surface area contributed by atoms with Gasteiger partial charge in [0.25, 0.3) is 23.6 Å². The zero-order chi connectivity index (χ0) is 34.2. The number of unbranched alkanes of at least 4 members (excludes halogenated alkanes) is 8. The summed E-state index contributed by atoms with van der Waals surface area (Å²) in [5.41, 5.74) is 7.87. The van der Waals surface area contributed by atoms with Crippen LogP contribution in [0.15, 0.2) is 48.5 Å². The summed E-state index contributed by atoms with van der Waals surface area (Å²) >= 11 is 0. The van der Waals surface area contributed by atoms with E-state index in [0.29, 0.717) is 46.1 Å². The Labute approximate surface area is 288 Å². The Bertz CT molecular complexity index is 1970. The van der Waals surface area contributed by atoms with E-state index in [1.165, 1.54) is 4.90 Å². The van der Waals surface area contributed by atoms with Crippen molar-refractivity contribution in [3.8, 4) is 0 Å². The highest BCUT2D eigenvalue weighted by Crippen LogP contribution is 2.46. The molecular formula is C42H47N3O4. The average Bonchev–Trinajstić information content (AvgIpc) is 3.11. The summed E-state index contributed by atoms with van der Waals surface area (Å²) < 4.78 is 0. The molecule has 0 aromatic heterocycles. The van der Waals surface area contributed by atoms with Crippen molar-refractivity contribution in [2.75, 3.05) is 13.1 Å². The number of benzene rings is 5. The zero-order valence-electron chi connectivity index (χ0n) is 28.9. The highest BCUT2D eigenvalue weighted by molar-refractivity contribution is 6.41. The molecule has 49 heavy (non-hydrogen) atoms. The Kier molecular flexibility index (Phi) is 9.38. The minimum absolute atomic E-state index is 0.115. The molecule has 0 atom stereocenters. The quantitative estimate of drug-likeness (QED) is 0.0493. The number of hydrogen-bond acceptors (Lipinski definition) is 5. The topological polar surface area (TPSA) is 101 Å². The van der Waals surface area contributed by atoms with Gasteiger partial charge < -0.3 is 5.73 Å². The normalized spacial score (nSPS) is 14.7. The van der Waals surface area contributed by atoms with Crippen molar-refractivity contribution in [1.29, 1.82) is 0 Å². The van der Waals surface area contributed by atoms with Crippen molar-refractivity contribution in [3.63, 3.8) is 0 Å². The predicted octanol–water partition coefficient (Wildman–Crippen LogP) is 9.37. The zero-order valence-corrected chi connectivity index (χ0v) is 28.9. The number of hydrogen-bond donors (Lipinski definition) is 1. The maximum atomic E-state index is 14.4. The predicted molar refractivity (Wildman–Crippen MR) is 198 cm³/mol. The molecule has 0 aliphatic carbocycles. The fourth-order valence-electron chi connectivity index (χ4n) is 8.48. The van der Waals surface area contributed by atoms with Gasteiger partial charge in [-0.25, -0.2) is 0 Å². The molecule has 2 aliphatic heterocycles. The van der Waals surface area contributed by atoms with Crippen LogP contribution < -0.4 is 5.73 Å². The van der Waals surface area contributed by atoms with Gasteiger partial charge in [0.05, 0.1) is 0 Å². The maximum absolute atomic E-state index is 14.4. The van der Waals surface area contributed by atoms with Crippen LogP contribution in [0.1, 0.15) is 139 Å². The van der Waals surface area contributed by atoms with Crippen LogP contribution in [-0.4, -0.2) is 52.6 Å². The first-order chi connectivity index (χ1) is 23.9. The molecule has 7 nitrogen and oxygen atoms in total. The SMILES string of the molecule is CCCCCCC(CCCCCC)N1C(=O)c2ccc3c4ccc5c6c(ccc(c7ccc(c2c37)C1=O)c64)C(=O)N(CCCCCN)C5=O. The van der Waals surface area contributed by atoms with Crippen LogP contribution in [-0.2, 0) is 0 Å². The summed E-state index contributed by atoms with van der Waals surface area (Å²) in [6.45, 7) is 5.35. The molecule has 0 saturated carbocycles. The standard InChI is InChI=1S/C42H47N3O4/c1-3-5-7-10-14-26(15-11-8-6-4-2)45-41(48)33-22-18-29-27-16-20-31-37-32(40(47)44(39(31)46)25-13-9-12-24-43)21-17-28(35(27)37)30-19-23-34(42(45)49)38(33)36(29)30/h16-23,26H,3-15,24-25,43H2,1-2H3. The van der Waals surface area contributed by atoms with E-state index in [-0.39, 0.29) is 29.7 Å². The van der Waals surface area contributed by atoms with Crippen LogP contribution in [0, 0.1) is 0 Å². The smallest absolute Gasteiger partial charge is 0.261 e. The Morgan fingerprint density at radius 2 is 0.898 bits per heavy atom. The number of amides is 4. The van der Waals surface area contributed by atoms with Crippen molar-refractivity contribution >= 4 is 66.7 Å². The second kappa shape index (κ2) is 13.9. The largest absolute Gasteiger partial charge is 0.330 e. The molecule has 2 aliphatic rings. The molecule has 0 radical (unpaired) electrons. The van der Waals surface area contributed by atoms with Crippen molar-refractivity contribution in [2.24, 2.45) is 5.73 Å². The minimum atomic E-state index is -0.264. The van der Waals surface area contributed by atoms with Gasteiger partial charge >= 0.3 is 0 Å². The van der Waals surface area contributed by atoms with E-state index in [9.17, 15) is 19.2 Å². The molecule has 5 aromatic carbocycles. The number of imide groups is 2. The third-order valence-corrected chi connectivity index (χ3v) is 11.0. The van der Waals surface area contributed by atoms with E-state index in [2.05, 4.69) is 13.8 Å². The highest BCUT2D eigenvalue weighted by Gasteiger charge is 2.39. The molecule has 2 N–H and O–H groups in total. The third kappa shape index (κ3) is 5.47. The Morgan fingerprint density at radius 3 is 1.31 bits per heavy atom. The second-order valence-electron chi connectivity index (χ2n) is 14.1. The number of rotatable bonds is 16. The summed E-state index contributed by atoms with van der Waals surface area (Å²) in [6, 6.07) is 15.3. The molecule has 7 heteroatoms. The first-order valence-corrected chi connectivity index (χ1v) is 18.6. The third-order valence-electron chi connectivity index (χ3n) is 11.0. The van der Waals surface area contributed by atoms with Gasteiger partial charge in [-0.1, -0.05) is 95.9 Å². The van der Waals surface area contributed by atoms with E-state index in [1.54, 1.807) is 4.90 Å². The molecule has 4 amide bonds. The molecule has 5 aromatic rings. The summed E-state index contributed by atoms with van der Waals surface area (Å²) in [5, 5.41) is 6.84. The number of fused-ring (bicyclic) bond motifs is 2. The first kappa shape index (κ1) is 33.2. The number of carbonyl (C=O) groups is 4. The van der Waals surface area contributed by atoms with Crippen LogP contribution in [0.2, 0.25) is 0 Å². The van der Waals surface area contributed by atoms with E-state index in [1.807, 2.05) is 48.5 Å². The van der Waals surface area contributed by atoms with Crippen molar-refractivity contribution < 1.29 is 19.2 Å². The van der Waals surface area contributed by atoms with Gasteiger partial charge in [0, 0.05) is 45.6 Å². The summed E-state index contributed by atoms with van der Waals surface area (Å²) in [7, 11) is 0. The second-order valence-corrected chi connectivity index (χ2v) is 14.1. The molecule has 0 bridgehead atoms. The van der Waals surface area contributed by atoms with E-state index >= 15 is 0 Å². The van der Waals surface area contributed by atoms with Crippen molar-refractivity contribution in [2.45, 2.75) is 103 Å². The lowest BCUT2D eigenvalue weighted by atomic mass is 9.82. The Hall–Kier alpha value is -4.36. The van der Waals surface area contributed by atoms with Gasteiger partial charge in [0.1, 0.15) is 0 Å². The lowest BCUT2D eigenvalue weighted by Gasteiger charge is -2.35. The average molecular weight is 658 g/mol. The van der Waals surface area contributed by atoms with Crippen LogP contribution in [0.4, 0.5) is 0 Å². The van der Waals surface area contributed by atoms with Crippen LogP contribution in [0.3, 0.4) is 0 Å². The van der Waals surface area contributed by atoms with Crippen molar-refractivity contribution in [1.82, 2.24) is 9.80 Å². The Balaban J connectivity index is 1.33. The van der Waals surface area contributed by atoms with E-state index in [0.717, 1.165) is 116 Å². The fraction of sp³-hybridized carbons (Fsp3) is 0.429. The fourth-order valence-corrected chi connectivity index (χ4v) is 8.48. The summed E-state index contributed by atoms with van der Waals surface area (Å²) in [6.07, 6.45) is 12.9. The number of nitrogens with zero attached hydrogens (tertiary/aromatic N) is 2. The van der Waals surface area contributed by atoms with Crippen LogP contribution in [0.25, 0.3) is 43.1 Å². The van der Waals surface area contributed by atoms with Gasteiger partial charge in [-0.05, 0) is 88.8 Å². The number of carbonyl (C=O) groups excluding carboxylic acids is 4. The van der Waals surface area contributed by atoms with Crippen LogP contribution in [0.5, 0.6) is 0 Å². The van der Waals surface area contributed by atoms with Gasteiger partial charge in [-0.15, -0.1) is 0 Å². The van der Waals surface area contributed by atoms with Gasteiger partial charge in [-0.3, -0.25) is 29.0 Å². The molecular weight excluding hydrogens is 610 g/mol. The Morgan fingerprint density at radius 1 is 0.490 bits per heavy atom. The minimum Gasteiger partial charge on any atom is -0.330 e. The first-order valence-electron chi connectivity index (χ1n) is 18.6. The summed E-state index contributed by atoms with van der Waals surface area (Å²) in [5.74, 6) is -0.924. The van der Waals surface area contributed by atoms with Gasteiger partial charge in [0.15, 0.2) is 0 Å². The van der Waals surface area contributed by atoms with E-state index < -0.39 is 0 Å². The molecule has 0 fully saturated rings. The molecule has 2 heterocycles. The van der Waals surface area contributed by atoms with Gasteiger partial charge in [-0.2, -0.15) is 0 Å². The highest BCUT2D eigenvalue weighted by atomic mass is 16.2. The number of nitrogens with two attached hydrogens (primary N) is 1. The van der Waals surface area contributed by atoms with Crippen LogP contribution >= 0.6 is 0 Å². The lowest BCUT2D eigenvalue weighted by Crippen LogP contribution is -2.47. The van der Waals surface area contributed by atoms with Gasteiger partial charge in [0.2, 0.25) is 0 Å². The molecule has 254 valence electrons. The molecule has 0 saturated heterocycles. The monoisotopic (exact) mass is 657 g/mol. The molecule has 0 spiro atoms. The molecule has 7 rings (SSSR count). The van der Waals surface area contributed by atoms with E-state index in [4.69, 9.17) is 5.73 Å². The lowest BCUT2D eigenvalue weighted by molar-refractivity contribution is 0.0514. The van der Waals surface area contributed by atoms with Crippen molar-refractivity contribution in [3.05, 3.63) is 70.8 Å². The maximum Gasteiger partial charge on any atom is 0.261 e. The summed E-state index contributed by atoms with van der Waals surface area (Å²) in [4.78, 5) is 59.2.